The zero-order chi connectivity index (χ0) is 17.6. The molecule has 2 aromatic heterocycles. The van der Waals surface area contributed by atoms with Crippen molar-refractivity contribution in [1.82, 2.24) is 19.9 Å². The Balaban J connectivity index is 1.74. The maximum absolute atomic E-state index is 13.7. The lowest BCUT2D eigenvalue weighted by atomic mass is 9.97. The number of amides is 1. The van der Waals surface area contributed by atoms with Gasteiger partial charge in [-0.15, -0.1) is 0 Å². The summed E-state index contributed by atoms with van der Waals surface area (Å²) in [4.78, 5) is 25.2. The van der Waals surface area contributed by atoms with Crippen LogP contribution in [0.25, 0.3) is 11.0 Å². The summed E-state index contributed by atoms with van der Waals surface area (Å²) in [6.45, 7) is 0.155. The predicted octanol–water partition coefficient (Wildman–Crippen LogP) is 3.62. The first-order valence-electron chi connectivity index (χ1n) is 7.73. The van der Waals surface area contributed by atoms with Crippen molar-refractivity contribution in [3.8, 4) is 0 Å². The SMILES string of the molecule is O=C(c1nc2c(Cl)cccc2[nH]1)N1CCc2ncccc2[C@H]1C(F)F. The second-order valence-corrected chi connectivity index (χ2v) is 6.20. The minimum atomic E-state index is -2.72. The number of carbonyl (C=O) groups is 1. The van der Waals surface area contributed by atoms with Crippen molar-refractivity contribution in [2.24, 2.45) is 0 Å². The Morgan fingerprint density at radius 3 is 2.92 bits per heavy atom. The Kier molecular flexibility index (Phi) is 3.88. The molecule has 0 fully saturated rings. The monoisotopic (exact) mass is 362 g/mol. The smallest absolute Gasteiger partial charge is 0.290 e. The number of aromatic amines is 1. The number of para-hydroxylation sites is 1. The maximum atomic E-state index is 13.7. The highest BCUT2D eigenvalue weighted by molar-refractivity contribution is 6.35. The van der Waals surface area contributed by atoms with Crippen LogP contribution in [0.2, 0.25) is 5.02 Å². The van der Waals surface area contributed by atoms with Gasteiger partial charge in [0.1, 0.15) is 11.6 Å². The van der Waals surface area contributed by atoms with Crippen LogP contribution in [0.1, 0.15) is 27.9 Å². The first-order chi connectivity index (χ1) is 12.1. The predicted molar refractivity (Wildman–Crippen MR) is 88.8 cm³/mol. The molecule has 0 spiro atoms. The second kappa shape index (κ2) is 6.07. The Hall–Kier alpha value is -2.54. The number of carbonyl (C=O) groups excluding carboxylic acids is 1. The van der Waals surface area contributed by atoms with Gasteiger partial charge >= 0.3 is 0 Å². The molecule has 5 nitrogen and oxygen atoms in total. The minimum absolute atomic E-state index is 0.00101. The fraction of sp³-hybridized carbons (Fsp3) is 0.235. The summed E-state index contributed by atoms with van der Waals surface area (Å²) >= 11 is 6.07. The Labute approximate surface area is 146 Å². The van der Waals surface area contributed by atoms with Gasteiger partial charge in [0.05, 0.1) is 10.5 Å². The zero-order valence-electron chi connectivity index (χ0n) is 12.9. The van der Waals surface area contributed by atoms with E-state index in [1.54, 1.807) is 36.5 Å². The van der Waals surface area contributed by atoms with E-state index in [9.17, 15) is 13.6 Å². The third-order valence-corrected chi connectivity index (χ3v) is 4.64. The fourth-order valence-corrected chi connectivity index (χ4v) is 3.41. The van der Waals surface area contributed by atoms with Crippen molar-refractivity contribution in [3.63, 3.8) is 0 Å². The number of H-pyrrole nitrogens is 1. The number of halogens is 3. The van der Waals surface area contributed by atoms with Crippen molar-refractivity contribution in [1.29, 1.82) is 0 Å². The molecule has 0 bridgehead atoms. The maximum Gasteiger partial charge on any atom is 0.290 e. The highest BCUT2D eigenvalue weighted by Crippen LogP contribution is 2.34. The van der Waals surface area contributed by atoms with Crippen LogP contribution in [-0.2, 0) is 6.42 Å². The minimum Gasteiger partial charge on any atom is -0.334 e. The molecule has 0 radical (unpaired) electrons. The molecule has 4 rings (SSSR count). The molecule has 0 aliphatic carbocycles. The van der Waals surface area contributed by atoms with Gasteiger partial charge < -0.3 is 9.88 Å². The second-order valence-electron chi connectivity index (χ2n) is 5.79. The van der Waals surface area contributed by atoms with Crippen LogP contribution < -0.4 is 0 Å². The lowest BCUT2D eigenvalue weighted by Crippen LogP contribution is -2.43. The molecule has 3 heterocycles. The zero-order valence-corrected chi connectivity index (χ0v) is 13.7. The van der Waals surface area contributed by atoms with Crippen molar-refractivity contribution in [3.05, 3.63) is 58.6 Å². The number of imidazole rings is 1. The van der Waals surface area contributed by atoms with E-state index in [0.29, 0.717) is 33.7 Å². The van der Waals surface area contributed by atoms with Crippen LogP contribution >= 0.6 is 11.6 Å². The Bertz CT molecular complexity index is 959. The van der Waals surface area contributed by atoms with Crippen molar-refractivity contribution in [2.75, 3.05) is 6.54 Å². The van der Waals surface area contributed by atoms with Crippen LogP contribution in [0.5, 0.6) is 0 Å². The highest BCUT2D eigenvalue weighted by atomic mass is 35.5. The number of nitrogens with zero attached hydrogens (tertiary/aromatic N) is 3. The number of benzene rings is 1. The number of hydrogen-bond acceptors (Lipinski definition) is 3. The first-order valence-corrected chi connectivity index (χ1v) is 8.11. The average molecular weight is 363 g/mol. The normalized spacial score (nSPS) is 17.1. The van der Waals surface area contributed by atoms with E-state index in [1.165, 1.54) is 0 Å². The van der Waals surface area contributed by atoms with Gasteiger partial charge in [0, 0.05) is 30.4 Å². The van der Waals surface area contributed by atoms with Crippen LogP contribution in [0.15, 0.2) is 36.5 Å². The van der Waals surface area contributed by atoms with Gasteiger partial charge in [-0.05, 0) is 18.2 Å². The van der Waals surface area contributed by atoms with Crippen molar-refractivity contribution < 1.29 is 13.6 Å². The molecule has 8 heteroatoms. The Morgan fingerprint density at radius 2 is 2.16 bits per heavy atom. The molecule has 1 atom stereocenters. The average Bonchev–Trinajstić information content (AvgIpc) is 3.05. The number of nitrogens with one attached hydrogen (secondary N) is 1. The Morgan fingerprint density at radius 1 is 1.32 bits per heavy atom. The van der Waals surface area contributed by atoms with E-state index in [2.05, 4.69) is 15.0 Å². The van der Waals surface area contributed by atoms with Gasteiger partial charge in [-0.3, -0.25) is 9.78 Å². The largest absolute Gasteiger partial charge is 0.334 e. The van der Waals surface area contributed by atoms with Crippen molar-refractivity contribution >= 4 is 28.5 Å². The molecule has 25 heavy (non-hydrogen) atoms. The van der Waals surface area contributed by atoms with Gasteiger partial charge in [0.2, 0.25) is 0 Å². The summed E-state index contributed by atoms with van der Waals surface area (Å²) in [5.41, 5.74) is 2.01. The number of pyridine rings is 1. The number of fused-ring (bicyclic) bond motifs is 2. The molecule has 1 N–H and O–H groups in total. The summed E-state index contributed by atoms with van der Waals surface area (Å²) in [7, 11) is 0. The van der Waals surface area contributed by atoms with Crippen LogP contribution in [-0.4, -0.2) is 38.7 Å². The third kappa shape index (κ3) is 2.64. The summed E-state index contributed by atoms with van der Waals surface area (Å²) in [5, 5.41) is 0.395. The fourth-order valence-electron chi connectivity index (χ4n) is 3.20. The standard InChI is InChI=1S/C17H13ClF2N4O/c18-10-4-1-5-12-13(10)23-16(22-12)17(25)24-8-6-11-9(3-2-7-21-11)14(24)15(19)20/h1-5,7,14-15H,6,8H2,(H,22,23)/t14-/m0/s1. The first kappa shape index (κ1) is 16.0. The van der Waals surface area contributed by atoms with E-state index >= 15 is 0 Å². The molecule has 1 aromatic carbocycles. The number of rotatable bonds is 2. The van der Waals surface area contributed by atoms with Gasteiger partial charge in [0.25, 0.3) is 12.3 Å². The van der Waals surface area contributed by atoms with Gasteiger partial charge in [-0.2, -0.15) is 0 Å². The molecule has 1 aliphatic heterocycles. The summed E-state index contributed by atoms with van der Waals surface area (Å²) < 4.78 is 27.4. The topological polar surface area (TPSA) is 61.9 Å². The van der Waals surface area contributed by atoms with E-state index in [-0.39, 0.29) is 12.4 Å². The number of aromatic nitrogens is 3. The summed E-state index contributed by atoms with van der Waals surface area (Å²) in [6.07, 6.45) is -0.730. The lowest BCUT2D eigenvalue weighted by Gasteiger charge is -2.35. The molecule has 1 amide bonds. The van der Waals surface area contributed by atoms with E-state index in [1.807, 2.05) is 0 Å². The van der Waals surface area contributed by atoms with E-state index < -0.39 is 18.4 Å². The lowest BCUT2D eigenvalue weighted by molar-refractivity contribution is 0.0154. The summed E-state index contributed by atoms with van der Waals surface area (Å²) in [5.74, 6) is -0.576. The van der Waals surface area contributed by atoms with Crippen LogP contribution in [0.3, 0.4) is 0 Å². The van der Waals surface area contributed by atoms with Crippen LogP contribution in [0, 0.1) is 0 Å². The molecule has 0 saturated heterocycles. The highest BCUT2D eigenvalue weighted by Gasteiger charge is 2.38. The number of hydrogen-bond donors (Lipinski definition) is 1. The molecule has 128 valence electrons. The van der Waals surface area contributed by atoms with Crippen LogP contribution in [0.4, 0.5) is 8.78 Å². The molecular weight excluding hydrogens is 350 g/mol. The van der Waals surface area contributed by atoms with E-state index in [0.717, 1.165) is 4.90 Å². The molecule has 0 unspecified atom stereocenters. The molecule has 1 aliphatic rings. The third-order valence-electron chi connectivity index (χ3n) is 4.33. The molecule has 0 saturated carbocycles. The molecule has 3 aromatic rings. The van der Waals surface area contributed by atoms with Crippen molar-refractivity contribution in [2.45, 2.75) is 18.9 Å². The quantitative estimate of drug-likeness (QED) is 0.757. The summed E-state index contributed by atoms with van der Waals surface area (Å²) in [6, 6.07) is 6.96. The van der Waals surface area contributed by atoms with Gasteiger partial charge in [-0.25, -0.2) is 13.8 Å². The van der Waals surface area contributed by atoms with Gasteiger partial charge in [0.15, 0.2) is 5.82 Å². The molecular formula is C17H13ClF2N4O. The van der Waals surface area contributed by atoms with Gasteiger partial charge in [-0.1, -0.05) is 23.7 Å². The number of alkyl halides is 2. The van der Waals surface area contributed by atoms with E-state index in [4.69, 9.17) is 11.6 Å².